The molecule has 1 aliphatic carbocycles. The molecule has 1 amide bonds. The van der Waals surface area contributed by atoms with Gasteiger partial charge in [0.15, 0.2) is 0 Å². The van der Waals surface area contributed by atoms with Crippen molar-refractivity contribution in [3.8, 4) is 23.0 Å². The highest BCUT2D eigenvalue weighted by atomic mass is 19.4. The quantitative estimate of drug-likeness (QED) is 0.265. The monoisotopic (exact) mass is 596 g/mol. The summed E-state index contributed by atoms with van der Waals surface area (Å²) in [5, 5.41) is 20.8. The number of pyridine rings is 1. The maximum Gasteiger partial charge on any atom is 0.471 e. The number of benzene rings is 2. The van der Waals surface area contributed by atoms with Gasteiger partial charge in [0.2, 0.25) is 0 Å². The van der Waals surface area contributed by atoms with Gasteiger partial charge in [0.1, 0.15) is 5.41 Å². The molecule has 0 bridgehead atoms. The van der Waals surface area contributed by atoms with Crippen LogP contribution < -0.4 is 5.32 Å². The molecule has 1 unspecified atom stereocenters. The average molecular weight is 597 g/mol. The fourth-order valence-corrected chi connectivity index (χ4v) is 4.96. The van der Waals surface area contributed by atoms with Crippen molar-refractivity contribution >= 4 is 23.5 Å². The SMILES string of the molecule is CCOC(=O)CC1(C(=O)OCC)c2cc(C#Cc3cc(CO)nc(CO)c3)ccc2-c2ccc(NC(=O)C(F)(F)F)cc21. The Morgan fingerprint density at radius 2 is 1.44 bits per heavy atom. The molecule has 1 aromatic heterocycles. The summed E-state index contributed by atoms with van der Waals surface area (Å²) in [5.74, 6) is 2.13. The lowest BCUT2D eigenvalue weighted by Gasteiger charge is -2.29. The van der Waals surface area contributed by atoms with Crippen LogP contribution in [-0.4, -0.2) is 52.4 Å². The Morgan fingerprint density at radius 1 is 0.860 bits per heavy atom. The standard InChI is InChI=1S/C31H27F3N2O7/c1-3-42-27(39)15-30(29(41)43-4-2)25-13-18(5-6-19-11-21(16-37)35-22(12-19)17-38)7-9-23(25)24-10-8-20(14-26(24)30)36-28(40)31(32,33)34/h7-14,37-38H,3-4,15-17H2,1-2H3,(H,36,40). The molecular weight excluding hydrogens is 569 g/mol. The van der Waals surface area contributed by atoms with Crippen LogP contribution in [0.4, 0.5) is 18.9 Å². The highest BCUT2D eigenvalue weighted by Crippen LogP contribution is 2.53. The summed E-state index contributed by atoms with van der Waals surface area (Å²) >= 11 is 0. The summed E-state index contributed by atoms with van der Waals surface area (Å²) < 4.78 is 49.6. The molecule has 0 fully saturated rings. The van der Waals surface area contributed by atoms with Gasteiger partial charge in [-0.15, -0.1) is 0 Å². The third-order valence-corrected chi connectivity index (χ3v) is 6.71. The second-order valence-electron chi connectivity index (χ2n) is 9.48. The molecule has 0 spiro atoms. The van der Waals surface area contributed by atoms with Crippen LogP contribution in [0.15, 0.2) is 48.5 Å². The van der Waals surface area contributed by atoms with Crippen molar-refractivity contribution < 1.29 is 47.2 Å². The maximum absolute atomic E-state index is 13.8. The lowest BCUT2D eigenvalue weighted by Crippen LogP contribution is -2.40. The summed E-state index contributed by atoms with van der Waals surface area (Å²) in [4.78, 5) is 42.4. The number of hydrogen-bond donors (Lipinski definition) is 3. The maximum atomic E-state index is 13.8. The van der Waals surface area contributed by atoms with E-state index in [4.69, 9.17) is 9.47 Å². The number of amides is 1. The number of rotatable bonds is 8. The predicted octanol–water partition coefficient (Wildman–Crippen LogP) is 3.75. The van der Waals surface area contributed by atoms with Crippen molar-refractivity contribution in [2.24, 2.45) is 0 Å². The average Bonchev–Trinajstić information content (AvgIpc) is 3.24. The van der Waals surface area contributed by atoms with Crippen molar-refractivity contribution in [1.29, 1.82) is 0 Å². The second-order valence-corrected chi connectivity index (χ2v) is 9.48. The molecule has 2 aromatic carbocycles. The zero-order chi connectivity index (χ0) is 31.4. The molecule has 224 valence electrons. The van der Waals surface area contributed by atoms with Crippen LogP contribution in [0.1, 0.15) is 53.9 Å². The Bertz CT molecular complexity index is 1620. The summed E-state index contributed by atoms with van der Waals surface area (Å²) in [6, 6.07) is 12.0. The zero-order valence-electron chi connectivity index (χ0n) is 23.2. The predicted molar refractivity (Wildman–Crippen MR) is 147 cm³/mol. The molecule has 1 atom stereocenters. The van der Waals surface area contributed by atoms with Gasteiger partial charge in [0, 0.05) is 16.8 Å². The third kappa shape index (κ3) is 6.38. The normalized spacial score (nSPS) is 15.0. The van der Waals surface area contributed by atoms with Crippen LogP contribution >= 0.6 is 0 Å². The highest BCUT2D eigenvalue weighted by molar-refractivity contribution is 6.03. The largest absolute Gasteiger partial charge is 0.471 e. The molecule has 1 heterocycles. The molecule has 0 saturated heterocycles. The first-order valence-corrected chi connectivity index (χ1v) is 13.2. The number of carbonyl (C=O) groups is 3. The number of nitrogens with one attached hydrogen (secondary N) is 1. The second kappa shape index (κ2) is 12.6. The van der Waals surface area contributed by atoms with E-state index >= 15 is 0 Å². The Balaban J connectivity index is 1.90. The zero-order valence-corrected chi connectivity index (χ0v) is 23.2. The first kappa shape index (κ1) is 31.2. The van der Waals surface area contributed by atoms with Crippen molar-refractivity contribution in [2.75, 3.05) is 18.5 Å². The number of alkyl halides is 3. The van der Waals surface area contributed by atoms with Crippen LogP contribution in [0.2, 0.25) is 0 Å². The van der Waals surface area contributed by atoms with E-state index in [0.717, 1.165) is 0 Å². The molecule has 0 aliphatic heterocycles. The van der Waals surface area contributed by atoms with Gasteiger partial charge in [0.25, 0.3) is 0 Å². The lowest BCUT2D eigenvalue weighted by molar-refractivity contribution is -0.167. The number of hydrogen-bond acceptors (Lipinski definition) is 8. The first-order chi connectivity index (χ1) is 20.5. The molecule has 12 heteroatoms. The Kier molecular flexibility index (Phi) is 9.18. The van der Waals surface area contributed by atoms with Crippen LogP contribution in [0.25, 0.3) is 11.1 Å². The molecule has 3 N–H and O–H groups in total. The summed E-state index contributed by atoms with van der Waals surface area (Å²) in [6.45, 7) is 2.41. The number of ether oxygens (including phenoxy) is 2. The molecule has 1 aliphatic rings. The van der Waals surface area contributed by atoms with E-state index < -0.39 is 35.9 Å². The number of anilines is 1. The molecule has 4 rings (SSSR count). The van der Waals surface area contributed by atoms with Gasteiger partial charge in [-0.3, -0.25) is 19.4 Å². The molecule has 43 heavy (non-hydrogen) atoms. The number of halogens is 3. The van der Waals surface area contributed by atoms with Gasteiger partial charge in [-0.05, 0) is 72.5 Å². The van der Waals surface area contributed by atoms with Crippen molar-refractivity contribution in [2.45, 2.75) is 45.1 Å². The number of carbonyl (C=O) groups excluding carboxylic acids is 3. The van der Waals surface area contributed by atoms with E-state index in [0.29, 0.717) is 39.2 Å². The Hall–Kier alpha value is -4.73. The van der Waals surface area contributed by atoms with E-state index in [1.807, 2.05) is 0 Å². The third-order valence-electron chi connectivity index (χ3n) is 6.71. The minimum absolute atomic E-state index is 0.0161. The smallest absolute Gasteiger partial charge is 0.466 e. The number of fused-ring (bicyclic) bond motifs is 3. The lowest BCUT2D eigenvalue weighted by atomic mass is 9.75. The fraction of sp³-hybridized carbons (Fsp3) is 0.290. The van der Waals surface area contributed by atoms with E-state index in [-0.39, 0.29) is 37.7 Å². The van der Waals surface area contributed by atoms with Crippen LogP contribution in [-0.2, 0) is 42.5 Å². The number of esters is 2. The number of aliphatic hydroxyl groups excluding tert-OH is 2. The van der Waals surface area contributed by atoms with Crippen molar-refractivity contribution in [3.05, 3.63) is 82.2 Å². The van der Waals surface area contributed by atoms with E-state index in [1.165, 1.54) is 18.2 Å². The minimum atomic E-state index is -5.15. The van der Waals surface area contributed by atoms with Crippen LogP contribution in [0.3, 0.4) is 0 Å². The first-order valence-electron chi connectivity index (χ1n) is 13.2. The molecule has 3 aromatic rings. The van der Waals surface area contributed by atoms with E-state index in [2.05, 4.69) is 16.8 Å². The van der Waals surface area contributed by atoms with E-state index in [1.54, 1.807) is 49.5 Å². The van der Waals surface area contributed by atoms with Crippen LogP contribution in [0.5, 0.6) is 0 Å². The van der Waals surface area contributed by atoms with Gasteiger partial charge in [-0.1, -0.05) is 24.0 Å². The molecular formula is C31H27F3N2O7. The van der Waals surface area contributed by atoms with Gasteiger partial charge in [-0.25, -0.2) is 0 Å². The van der Waals surface area contributed by atoms with Crippen molar-refractivity contribution in [3.63, 3.8) is 0 Å². The molecule has 0 radical (unpaired) electrons. The topological polar surface area (TPSA) is 135 Å². The minimum Gasteiger partial charge on any atom is -0.466 e. The summed E-state index contributed by atoms with van der Waals surface area (Å²) in [6.07, 6.45) is -5.68. The van der Waals surface area contributed by atoms with Gasteiger partial charge >= 0.3 is 24.0 Å². The number of aromatic nitrogens is 1. The number of aliphatic hydroxyl groups is 2. The molecule has 0 saturated carbocycles. The van der Waals surface area contributed by atoms with Gasteiger partial charge in [0.05, 0.1) is 44.2 Å². The van der Waals surface area contributed by atoms with E-state index in [9.17, 15) is 37.8 Å². The highest BCUT2D eigenvalue weighted by Gasteiger charge is 2.52. The van der Waals surface area contributed by atoms with Gasteiger partial charge in [-0.2, -0.15) is 13.2 Å². The fourth-order valence-electron chi connectivity index (χ4n) is 4.96. The van der Waals surface area contributed by atoms with Gasteiger partial charge < -0.3 is 25.0 Å². The number of nitrogens with zero attached hydrogens (tertiary/aromatic N) is 1. The van der Waals surface area contributed by atoms with Crippen molar-refractivity contribution in [1.82, 2.24) is 4.98 Å². The molecule has 9 nitrogen and oxygen atoms in total. The summed E-state index contributed by atoms with van der Waals surface area (Å²) in [7, 11) is 0. The Labute approximate surface area is 244 Å². The van der Waals surface area contributed by atoms with Crippen LogP contribution in [0, 0.1) is 11.8 Å². The Morgan fingerprint density at radius 3 is 2.02 bits per heavy atom. The summed E-state index contributed by atoms with van der Waals surface area (Å²) in [5.41, 5.74) is 0.885.